The number of hydrogen-bond acceptors (Lipinski definition) is 3. The molecule has 5 heteroatoms. The van der Waals surface area contributed by atoms with Gasteiger partial charge in [0.25, 0.3) is 0 Å². The summed E-state index contributed by atoms with van der Waals surface area (Å²) in [5, 5.41) is 0.893. The molecule has 1 rings (SSSR count). The number of hydrogen-bond donors (Lipinski definition) is 0. The lowest BCUT2D eigenvalue weighted by molar-refractivity contribution is 0.839. The van der Waals surface area contributed by atoms with Crippen LogP contribution in [0.1, 0.15) is 20.8 Å². The van der Waals surface area contributed by atoms with Gasteiger partial charge in [-0.05, 0) is 29.1 Å². The first-order valence-electron chi connectivity index (χ1n) is 5.02. The molecule has 1 heterocycles. The van der Waals surface area contributed by atoms with Gasteiger partial charge in [0, 0.05) is 18.9 Å². The Morgan fingerprint density at radius 2 is 2.12 bits per heavy atom. The van der Waals surface area contributed by atoms with Crippen molar-refractivity contribution in [2.75, 3.05) is 13.3 Å². The first-order chi connectivity index (χ1) is 7.60. The lowest BCUT2D eigenvalue weighted by atomic mass is 10.5. The van der Waals surface area contributed by atoms with Crippen LogP contribution in [0.15, 0.2) is 27.4 Å². The highest BCUT2D eigenvalue weighted by Crippen LogP contribution is 2.12. The van der Waals surface area contributed by atoms with E-state index in [0.29, 0.717) is 0 Å². The number of aromatic nitrogens is 2. The van der Waals surface area contributed by atoms with Gasteiger partial charge in [-0.1, -0.05) is 20.4 Å². The van der Waals surface area contributed by atoms with Gasteiger partial charge in [-0.3, -0.25) is 4.99 Å². The van der Waals surface area contributed by atoms with Gasteiger partial charge in [0.15, 0.2) is 5.49 Å². The fraction of sp³-hybridized carbons (Fsp3) is 0.455. The molecule has 0 N–H and O–H groups in total. The highest BCUT2D eigenvalue weighted by Gasteiger charge is 2.04. The van der Waals surface area contributed by atoms with Crippen molar-refractivity contribution in [1.29, 1.82) is 0 Å². The van der Waals surface area contributed by atoms with Gasteiger partial charge in [-0.15, -0.1) is 11.8 Å². The summed E-state index contributed by atoms with van der Waals surface area (Å²) >= 11 is 4.93. The second-order valence-electron chi connectivity index (χ2n) is 2.73. The molecular weight excluding hydrogens is 286 g/mol. The summed E-state index contributed by atoms with van der Waals surface area (Å²) in [6.45, 7) is 9.83. The Morgan fingerprint density at radius 3 is 2.50 bits per heavy atom. The van der Waals surface area contributed by atoms with Crippen molar-refractivity contribution in [3.05, 3.63) is 22.9 Å². The average molecular weight is 304 g/mol. The van der Waals surface area contributed by atoms with Crippen molar-refractivity contribution in [2.24, 2.45) is 4.99 Å². The monoisotopic (exact) mass is 303 g/mol. The maximum atomic E-state index is 4.33. The predicted molar refractivity (Wildman–Crippen MR) is 75.5 cm³/mol. The number of nitrogens with zero attached hydrogens (tertiary/aromatic N) is 3. The molecule has 0 radical (unpaired) electrons. The summed E-state index contributed by atoms with van der Waals surface area (Å²) in [6, 6.07) is 0. The molecule has 0 saturated heterocycles. The molecule has 1 aromatic rings. The van der Waals surface area contributed by atoms with Crippen molar-refractivity contribution in [2.45, 2.75) is 25.8 Å². The van der Waals surface area contributed by atoms with Crippen LogP contribution >= 0.6 is 27.7 Å². The molecule has 0 amide bonds. The Balaban J connectivity index is 0.00000106. The summed E-state index contributed by atoms with van der Waals surface area (Å²) in [5.41, 5.74) is 1.76. The minimum absolute atomic E-state index is 0.789. The minimum Gasteiger partial charge on any atom is -0.302 e. The fourth-order valence-electron chi connectivity index (χ4n) is 1.08. The molecule has 0 aliphatic rings. The van der Waals surface area contributed by atoms with E-state index in [0.717, 1.165) is 20.8 Å². The van der Waals surface area contributed by atoms with E-state index in [1.165, 1.54) is 0 Å². The molecule has 90 valence electrons. The van der Waals surface area contributed by atoms with E-state index in [-0.39, 0.29) is 0 Å². The van der Waals surface area contributed by atoms with Crippen molar-refractivity contribution in [1.82, 2.24) is 9.55 Å². The predicted octanol–water partition coefficient (Wildman–Crippen LogP) is 3.41. The van der Waals surface area contributed by atoms with Crippen LogP contribution in [-0.2, 0) is 0 Å². The smallest absolute Gasteiger partial charge is 0.164 e. The van der Waals surface area contributed by atoms with E-state index in [2.05, 4.69) is 32.5 Å². The van der Waals surface area contributed by atoms with Crippen molar-refractivity contribution in [3.8, 4) is 0 Å². The standard InChI is InChI=1S/C9H12BrN3S.C2H6/c1-6(2)13-5-7(10)12-9(14-4)8(13)11-3;1-2/h5H,1H2,2-4H3;1-2H3. The van der Waals surface area contributed by atoms with E-state index in [1.807, 2.05) is 37.8 Å². The highest BCUT2D eigenvalue weighted by molar-refractivity contribution is 9.10. The van der Waals surface area contributed by atoms with E-state index in [4.69, 9.17) is 0 Å². The Hall–Kier alpha value is -0.550. The molecule has 3 nitrogen and oxygen atoms in total. The SMILES string of the molecule is C=C(C)n1cc(Br)nc(SC)c1=NC.CC. The Labute approximate surface area is 110 Å². The third-order valence-electron chi connectivity index (χ3n) is 1.68. The maximum Gasteiger partial charge on any atom is 0.164 e. The average Bonchev–Trinajstić information content (AvgIpc) is 2.30. The van der Waals surface area contributed by atoms with Gasteiger partial charge in [0.2, 0.25) is 0 Å². The van der Waals surface area contributed by atoms with Gasteiger partial charge in [0.05, 0.1) is 0 Å². The van der Waals surface area contributed by atoms with Crippen LogP contribution in [0, 0.1) is 0 Å². The summed E-state index contributed by atoms with van der Waals surface area (Å²) in [6.07, 6.45) is 3.84. The van der Waals surface area contributed by atoms with Crippen LogP contribution in [0.2, 0.25) is 0 Å². The minimum atomic E-state index is 0.789. The van der Waals surface area contributed by atoms with Gasteiger partial charge >= 0.3 is 0 Å². The Morgan fingerprint density at radius 1 is 1.56 bits per heavy atom. The van der Waals surface area contributed by atoms with Gasteiger partial charge < -0.3 is 4.57 Å². The van der Waals surface area contributed by atoms with Crippen LogP contribution < -0.4 is 5.49 Å². The molecule has 0 aromatic carbocycles. The Bertz CT molecular complexity index is 424. The topological polar surface area (TPSA) is 30.2 Å². The van der Waals surface area contributed by atoms with Crippen molar-refractivity contribution < 1.29 is 0 Å². The van der Waals surface area contributed by atoms with E-state index < -0.39 is 0 Å². The molecule has 1 aromatic heterocycles. The summed E-state index contributed by atoms with van der Waals surface area (Å²) in [4.78, 5) is 8.53. The van der Waals surface area contributed by atoms with E-state index in [1.54, 1.807) is 18.8 Å². The third-order valence-corrected chi connectivity index (χ3v) is 2.72. The molecule has 0 spiro atoms. The number of thioether (sulfide) groups is 1. The van der Waals surface area contributed by atoms with Crippen molar-refractivity contribution in [3.63, 3.8) is 0 Å². The zero-order chi connectivity index (χ0) is 12.7. The van der Waals surface area contributed by atoms with Crippen LogP contribution in [0.4, 0.5) is 0 Å². The summed E-state index contributed by atoms with van der Waals surface area (Å²) in [7, 11) is 1.75. The van der Waals surface area contributed by atoms with E-state index in [9.17, 15) is 0 Å². The van der Waals surface area contributed by atoms with Crippen molar-refractivity contribution >= 4 is 33.4 Å². The molecule has 0 atom stereocenters. The molecule has 0 aliphatic carbocycles. The van der Waals surface area contributed by atoms with Gasteiger partial charge in [0.1, 0.15) is 9.63 Å². The zero-order valence-electron chi connectivity index (χ0n) is 10.4. The summed E-state index contributed by atoms with van der Waals surface area (Å²) < 4.78 is 2.71. The lowest BCUT2D eigenvalue weighted by Gasteiger charge is -2.09. The second-order valence-corrected chi connectivity index (χ2v) is 4.33. The zero-order valence-corrected chi connectivity index (χ0v) is 12.8. The molecule has 0 bridgehead atoms. The largest absolute Gasteiger partial charge is 0.302 e. The quantitative estimate of drug-likeness (QED) is 0.784. The molecule has 0 aliphatic heterocycles. The first kappa shape index (κ1) is 15.4. The second kappa shape index (κ2) is 7.68. The van der Waals surface area contributed by atoms with E-state index >= 15 is 0 Å². The number of halogens is 1. The third kappa shape index (κ3) is 3.79. The maximum absolute atomic E-state index is 4.33. The first-order valence-corrected chi connectivity index (χ1v) is 7.03. The highest BCUT2D eigenvalue weighted by atomic mass is 79.9. The fourth-order valence-corrected chi connectivity index (χ4v) is 2.14. The van der Waals surface area contributed by atoms with Crippen LogP contribution in [0.25, 0.3) is 5.70 Å². The van der Waals surface area contributed by atoms with Gasteiger partial charge in [-0.25, -0.2) is 4.98 Å². The van der Waals surface area contributed by atoms with Crippen LogP contribution in [-0.4, -0.2) is 22.9 Å². The molecule has 0 saturated carbocycles. The summed E-state index contributed by atoms with van der Waals surface area (Å²) in [5.74, 6) is 0. The Kier molecular flexibility index (Phi) is 7.42. The normalized spacial score (nSPS) is 10.8. The molecule has 0 fully saturated rings. The van der Waals surface area contributed by atoms with Crippen LogP contribution in [0.5, 0.6) is 0 Å². The van der Waals surface area contributed by atoms with Gasteiger partial charge in [-0.2, -0.15) is 0 Å². The number of rotatable bonds is 2. The van der Waals surface area contributed by atoms with Crippen LogP contribution in [0.3, 0.4) is 0 Å². The molecule has 16 heavy (non-hydrogen) atoms. The number of allylic oxidation sites excluding steroid dienone is 1. The molecule has 0 unspecified atom stereocenters. The lowest BCUT2D eigenvalue weighted by Crippen LogP contribution is -2.22. The molecular formula is C11H18BrN3S.